The molecule has 63 heavy (non-hydrogen) atoms. The summed E-state index contributed by atoms with van der Waals surface area (Å²) < 4.78 is 49.1. The van der Waals surface area contributed by atoms with Gasteiger partial charge in [-0.05, 0) is 69.1 Å². The van der Waals surface area contributed by atoms with Gasteiger partial charge < -0.3 is 29.3 Å². The second kappa shape index (κ2) is 18.5. The average molecular weight is 873 g/mol. The van der Waals surface area contributed by atoms with Gasteiger partial charge in [0.05, 0.1) is 61.6 Å². The third-order valence-corrected chi connectivity index (χ3v) is 12.7. The number of carbonyl (C=O) groups is 5. The third-order valence-electron chi connectivity index (χ3n) is 12.7. The first-order chi connectivity index (χ1) is 30.6. The Morgan fingerprint density at radius 2 is 1.75 bits per heavy atom. The van der Waals surface area contributed by atoms with Gasteiger partial charge in [0.25, 0.3) is 24.1 Å². The molecule has 1 saturated carbocycles. The summed E-state index contributed by atoms with van der Waals surface area (Å²) in [5.74, 6) is -1.42. The lowest BCUT2D eigenvalue weighted by Crippen LogP contribution is -2.54. The summed E-state index contributed by atoms with van der Waals surface area (Å²) >= 11 is 0. The lowest BCUT2D eigenvalue weighted by molar-refractivity contribution is -0.136. The number of benzene rings is 1. The smallest absolute Gasteiger partial charge is 0.284 e. The van der Waals surface area contributed by atoms with E-state index in [0.29, 0.717) is 56.7 Å². The number of nitrogens with one attached hydrogen (secondary N) is 2. The number of amides is 5. The van der Waals surface area contributed by atoms with Crippen LogP contribution in [0.2, 0.25) is 0 Å². The number of carbonyl (C=O) groups excluding carboxylic acids is 5. The molecule has 5 aliphatic rings. The summed E-state index contributed by atoms with van der Waals surface area (Å²) in [6, 6.07) is 5.53. The summed E-state index contributed by atoms with van der Waals surface area (Å²) in [5.41, 5.74) is 0.325. The summed E-state index contributed by atoms with van der Waals surface area (Å²) in [7, 11) is 0. The van der Waals surface area contributed by atoms with Gasteiger partial charge in [-0.3, -0.25) is 38.9 Å². The van der Waals surface area contributed by atoms with E-state index < -0.39 is 47.7 Å². The van der Waals surface area contributed by atoms with Crippen LogP contribution in [-0.4, -0.2) is 135 Å². The van der Waals surface area contributed by atoms with Crippen LogP contribution in [0.4, 0.5) is 20.3 Å². The number of halogens is 2. The van der Waals surface area contributed by atoms with Crippen molar-refractivity contribution in [1.82, 2.24) is 39.5 Å². The Labute approximate surface area is 361 Å². The molecule has 0 radical (unpaired) electrons. The Morgan fingerprint density at radius 3 is 2.51 bits per heavy atom. The van der Waals surface area contributed by atoms with Gasteiger partial charge in [-0.15, -0.1) is 0 Å². The Balaban J connectivity index is 0.702. The minimum absolute atomic E-state index is 0.0213. The number of nitrogens with zero attached hydrogens (tertiary/aromatic N) is 8. The van der Waals surface area contributed by atoms with Crippen molar-refractivity contribution >= 4 is 46.7 Å². The molecule has 3 aromatic heterocycles. The number of aromatic nitrogens is 5. The maximum absolute atomic E-state index is 14.2. The lowest BCUT2D eigenvalue weighted by Gasteiger charge is -2.36. The zero-order valence-electron chi connectivity index (χ0n) is 34.8. The molecule has 0 bridgehead atoms. The molecule has 1 aliphatic carbocycles. The molecule has 4 aromatic rings. The van der Waals surface area contributed by atoms with E-state index in [0.717, 1.165) is 63.1 Å². The number of alkyl halides is 2. The lowest BCUT2D eigenvalue weighted by atomic mass is 9.85. The number of hydrogen-bond donors (Lipinski definition) is 2. The highest BCUT2D eigenvalue weighted by Crippen LogP contribution is 2.37. The van der Waals surface area contributed by atoms with E-state index in [1.165, 1.54) is 23.0 Å². The van der Waals surface area contributed by atoms with Crippen LogP contribution >= 0.6 is 0 Å². The molecule has 9 rings (SSSR count). The molecule has 4 aliphatic heterocycles. The molecule has 1 aromatic carbocycles. The molecule has 5 amide bonds. The number of hydrogen-bond acceptors (Lipinski definition) is 13. The predicted molar refractivity (Wildman–Crippen MR) is 221 cm³/mol. The van der Waals surface area contributed by atoms with Crippen LogP contribution in [0.15, 0.2) is 42.9 Å². The van der Waals surface area contributed by atoms with Crippen molar-refractivity contribution in [2.24, 2.45) is 5.92 Å². The second-order valence-electron chi connectivity index (χ2n) is 16.7. The minimum atomic E-state index is -2.87. The maximum Gasteiger partial charge on any atom is 0.284 e. The quantitative estimate of drug-likeness (QED) is 0.136. The SMILES string of the molecule is O=C1CCC(N2C(=O)c3cccc(OCCCOC4CCN(CC5CCC(n6cc(NC(=O)c7cnn8ccc(N9CCOCC9)nc78)c(C(F)F)n6)CC5)CC4)c3C2=O)C(=O)N1. The summed E-state index contributed by atoms with van der Waals surface area (Å²) in [5, 5.41) is 13.4. The zero-order chi connectivity index (χ0) is 43.6. The number of piperidine rings is 2. The first kappa shape index (κ1) is 42.4. The van der Waals surface area contributed by atoms with Crippen LogP contribution in [0.25, 0.3) is 5.65 Å². The molecule has 1 atom stereocenters. The van der Waals surface area contributed by atoms with Gasteiger partial charge in [0.1, 0.15) is 23.2 Å². The highest BCUT2D eigenvalue weighted by molar-refractivity contribution is 6.24. The van der Waals surface area contributed by atoms with Crippen LogP contribution in [0, 0.1) is 5.92 Å². The monoisotopic (exact) mass is 872 g/mol. The topological polar surface area (TPSA) is 195 Å². The highest BCUT2D eigenvalue weighted by atomic mass is 19.3. The van der Waals surface area contributed by atoms with Gasteiger partial charge in [0.15, 0.2) is 11.3 Å². The van der Waals surface area contributed by atoms with Crippen molar-refractivity contribution in [3.63, 3.8) is 0 Å². The molecular weight excluding hydrogens is 823 g/mol. The maximum atomic E-state index is 14.2. The first-order valence-corrected chi connectivity index (χ1v) is 21.8. The van der Waals surface area contributed by atoms with Crippen molar-refractivity contribution in [3.8, 4) is 5.75 Å². The number of anilines is 2. The van der Waals surface area contributed by atoms with Crippen LogP contribution in [0.3, 0.4) is 0 Å². The third kappa shape index (κ3) is 9.01. The predicted octanol–water partition coefficient (Wildman–Crippen LogP) is 4.03. The van der Waals surface area contributed by atoms with Gasteiger partial charge in [-0.2, -0.15) is 10.2 Å². The van der Waals surface area contributed by atoms with Crippen LogP contribution < -0.4 is 20.3 Å². The van der Waals surface area contributed by atoms with Gasteiger partial charge >= 0.3 is 0 Å². The number of ether oxygens (including phenoxy) is 3. The molecule has 0 spiro atoms. The Morgan fingerprint density at radius 1 is 0.952 bits per heavy atom. The van der Waals surface area contributed by atoms with Crippen molar-refractivity contribution in [2.45, 2.75) is 82.4 Å². The van der Waals surface area contributed by atoms with Crippen LogP contribution in [0.1, 0.15) is 107 Å². The Bertz CT molecular complexity index is 2370. The molecule has 3 saturated heterocycles. The molecular formula is C43H50F2N10O8. The molecule has 7 heterocycles. The van der Waals surface area contributed by atoms with Crippen molar-refractivity contribution in [3.05, 3.63) is 65.2 Å². The van der Waals surface area contributed by atoms with Crippen LogP contribution in [-0.2, 0) is 19.1 Å². The number of likely N-dealkylation sites (tertiary alicyclic amines) is 1. The molecule has 1 unspecified atom stereocenters. The van der Waals surface area contributed by atoms with E-state index in [9.17, 15) is 32.8 Å². The van der Waals surface area contributed by atoms with E-state index in [1.54, 1.807) is 23.0 Å². The molecule has 2 N–H and O–H groups in total. The Hall–Kier alpha value is -5.86. The fourth-order valence-corrected chi connectivity index (χ4v) is 9.34. The largest absolute Gasteiger partial charge is 0.493 e. The number of rotatable bonds is 14. The van der Waals surface area contributed by atoms with E-state index in [4.69, 9.17) is 14.2 Å². The highest BCUT2D eigenvalue weighted by Gasteiger charge is 2.46. The van der Waals surface area contributed by atoms with Gasteiger partial charge in [0, 0.05) is 58.0 Å². The zero-order valence-corrected chi connectivity index (χ0v) is 34.8. The van der Waals surface area contributed by atoms with Gasteiger partial charge in [-0.1, -0.05) is 6.07 Å². The van der Waals surface area contributed by atoms with Crippen molar-refractivity contribution < 1.29 is 47.0 Å². The molecule has 18 nitrogen and oxygen atoms in total. The molecule has 334 valence electrons. The fourth-order valence-electron chi connectivity index (χ4n) is 9.34. The van der Waals surface area contributed by atoms with Crippen molar-refractivity contribution in [1.29, 1.82) is 0 Å². The number of morpholine rings is 1. The summed E-state index contributed by atoms with van der Waals surface area (Å²) in [4.78, 5) is 74.0. The van der Waals surface area contributed by atoms with Gasteiger partial charge in [-0.25, -0.2) is 18.3 Å². The van der Waals surface area contributed by atoms with E-state index in [2.05, 4.69) is 35.6 Å². The minimum Gasteiger partial charge on any atom is -0.493 e. The van der Waals surface area contributed by atoms with E-state index >= 15 is 0 Å². The Kier molecular flexibility index (Phi) is 12.4. The molecule has 4 fully saturated rings. The second-order valence-corrected chi connectivity index (χ2v) is 16.7. The first-order valence-electron chi connectivity index (χ1n) is 21.8. The molecule has 20 heteroatoms. The van der Waals surface area contributed by atoms with E-state index in [1.807, 2.05) is 6.07 Å². The summed E-state index contributed by atoms with van der Waals surface area (Å²) in [6.07, 6.45) is 7.84. The van der Waals surface area contributed by atoms with Crippen LogP contribution in [0.5, 0.6) is 5.75 Å². The normalized spacial score (nSPS) is 22.6. The van der Waals surface area contributed by atoms with Gasteiger partial charge in [0.2, 0.25) is 11.8 Å². The summed E-state index contributed by atoms with van der Waals surface area (Å²) in [6.45, 7) is 6.02. The van der Waals surface area contributed by atoms with Crippen molar-refractivity contribution in [2.75, 3.05) is 69.4 Å². The van der Waals surface area contributed by atoms with E-state index in [-0.39, 0.29) is 59.7 Å². The standard InChI is InChI=1S/C43H50F2N10O8/c44-38(45)37-31(47-40(57)30-23-46-53-16-13-34(48-39(30)53)52-17-21-61-22-18-52)25-54(50-37)27-7-5-26(6-8-27)24-51-14-11-28(12-15-51)62-19-2-20-63-33-4-1-3-29-36(33)43(60)55(42(29)59)32-9-10-35(56)49-41(32)58/h1,3-4,13,16,23,25-28,32,38H,2,5-12,14-15,17-22,24H2,(H,47,57)(H,49,56,58). The number of imide groups is 2. The average Bonchev–Trinajstić information content (AvgIpc) is 3.99. The fraction of sp³-hybridized carbons (Fsp3) is 0.535. The number of fused-ring (bicyclic) bond motifs is 2.